The molecule has 1 aromatic heterocycles. The van der Waals surface area contributed by atoms with Crippen LogP contribution in [0.1, 0.15) is 25.8 Å². The number of carbonyl (C=O) groups excluding carboxylic acids is 2. The van der Waals surface area contributed by atoms with Crippen LogP contribution < -0.4 is 15.8 Å². The lowest BCUT2D eigenvalue weighted by Crippen LogP contribution is -2.49. The zero-order valence-electron chi connectivity index (χ0n) is 20.3. The number of amides is 2. The van der Waals surface area contributed by atoms with Gasteiger partial charge >= 0.3 is 0 Å². The van der Waals surface area contributed by atoms with E-state index in [1.54, 1.807) is 18.2 Å². The lowest BCUT2D eigenvalue weighted by molar-refractivity contribution is -0.132. The molecule has 190 valence electrons. The number of piperazine rings is 1. The highest BCUT2D eigenvalue weighted by Crippen LogP contribution is 2.23. The third-order valence-electron chi connectivity index (χ3n) is 6.18. The largest absolute Gasteiger partial charge is 0.368 e. The fourth-order valence-corrected chi connectivity index (χ4v) is 4.53. The van der Waals surface area contributed by atoms with Gasteiger partial charge in [-0.25, -0.2) is 4.98 Å². The first kappa shape index (κ1) is 26.0. The molecule has 1 aliphatic heterocycles. The molecule has 0 radical (unpaired) electrons. The van der Waals surface area contributed by atoms with Crippen LogP contribution in [0, 0.1) is 5.92 Å². The molecule has 1 aliphatic rings. The second kappa shape index (κ2) is 11.3. The van der Waals surface area contributed by atoms with Crippen molar-refractivity contribution in [3.63, 3.8) is 0 Å². The highest BCUT2D eigenvalue weighted by molar-refractivity contribution is 6.42. The molecule has 2 amide bonds. The lowest BCUT2D eigenvalue weighted by atomic mass is 10.1. The second-order valence-corrected chi connectivity index (χ2v) is 10.2. The van der Waals surface area contributed by atoms with Crippen LogP contribution in [0.3, 0.4) is 0 Å². The van der Waals surface area contributed by atoms with Gasteiger partial charge in [-0.15, -0.1) is 0 Å². The average Bonchev–Trinajstić information content (AvgIpc) is 2.86. The summed E-state index contributed by atoms with van der Waals surface area (Å²) in [5.41, 5.74) is 2.00. The Labute approximate surface area is 219 Å². The molecule has 1 N–H and O–H groups in total. The number of halogens is 2. The van der Waals surface area contributed by atoms with Crippen molar-refractivity contribution in [2.75, 3.05) is 31.1 Å². The standard InChI is InChI=1S/C26H29Cl2N5O3/c1-17(2)11-25(35)32-9-7-31(8-10-32)19-4-6-23-20(13-19)26(36)33(16-30-23)15-24(34)29-14-18-3-5-21(27)22(28)12-18/h3-6,12-13,16-17H,7-11,14-15H2,1-2H3,(H,29,34). The van der Waals surface area contributed by atoms with Crippen LogP contribution >= 0.6 is 23.2 Å². The third kappa shape index (κ3) is 6.17. The Morgan fingerprint density at radius 1 is 1.03 bits per heavy atom. The molecule has 0 unspecified atom stereocenters. The number of fused-ring (bicyclic) bond motifs is 1. The average molecular weight is 530 g/mol. The van der Waals surface area contributed by atoms with Crippen LogP contribution in [-0.4, -0.2) is 52.4 Å². The Morgan fingerprint density at radius 2 is 1.78 bits per heavy atom. The molecule has 2 heterocycles. The Hall–Kier alpha value is -3.10. The van der Waals surface area contributed by atoms with E-state index in [2.05, 4.69) is 15.2 Å². The van der Waals surface area contributed by atoms with Gasteiger partial charge < -0.3 is 15.1 Å². The number of aromatic nitrogens is 2. The van der Waals surface area contributed by atoms with Crippen LogP contribution in [0.25, 0.3) is 10.9 Å². The molecule has 2 aromatic carbocycles. The molecule has 0 bridgehead atoms. The number of hydrogen-bond donors (Lipinski definition) is 1. The van der Waals surface area contributed by atoms with Crippen LogP contribution in [0.4, 0.5) is 5.69 Å². The Kier molecular flexibility index (Phi) is 8.16. The zero-order chi connectivity index (χ0) is 25.8. The molecule has 8 nitrogen and oxygen atoms in total. The number of hydrogen-bond acceptors (Lipinski definition) is 5. The lowest BCUT2D eigenvalue weighted by Gasteiger charge is -2.36. The second-order valence-electron chi connectivity index (χ2n) is 9.37. The number of anilines is 1. The highest BCUT2D eigenvalue weighted by atomic mass is 35.5. The summed E-state index contributed by atoms with van der Waals surface area (Å²) in [6, 6.07) is 10.7. The summed E-state index contributed by atoms with van der Waals surface area (Å²) in [5.74, 6) is 0.207. The van der Waals surface area contributed by atoms with E-state index < -0.39 is 0 Å². The predicted octanol–water partition coefficient (Wildman–Crippen LogP) is 3.71. The maximum Gasteiger partial charge on any atom is 0.261 e. The van der Waals surface area contributed by atoms with Crippen LogP contribution in [0.2, 0.25) is 10.0 Å². The summed E-state index contributed by atoms with van der Waals surface area (Å²) in [6.07, 6.45) is 1.95. The van der Waals surface area contributed by atoms with E-state index in [0.717, 1.165) is 11.3 Å². The Morgan fingerprint density at radius 3 is 2.47 bits per heavy atom. The number of rotatable bonds is 7. The quantitative estimate of drug-likeness (QED) is 0.504. The van der Waals surface area contributed by atoms with Crippen LogP contribution in [0.5, 0.6) is 0 Å². The first-order chi connectivity index (χ1) is 17.2. The summed E-state index contributed by atoms with van der Waals surface area (Å²) < 4.78 is 1.30. The SMILES string of the molecule is CC(C)CC(=O)N1CCN(c2ccc3ncn(CC(=O)NCc4ccc(Cl)c(Cl)c4)c(=O)c3c2)CC1. The summed E-state index contributed by atoms with van der Waals surface area (Å²) in [5, 5.41) is 4.10. The maximum atomic E-state index is 13.1. The van der Waals surface area contributed by atoms with Crippen molar-refractivity contribution >= 4 is 51.6 Å². The van der Waals surface area contributed by atoms with Gasteiger partial charge in [0.1, 0.15) is 6.54 Å². The van der Waals surface area contributed by atoms with Gasteiger partial charge in [0.15, 0.2) is 0 Å². The predicted molar refractivity (Wildman–Crippen MR) is 143 cm³/mol. The molecule has 0 saturated carbocycles. The smallest absolute Gasteiger partial charge is 0.261 e. The van der Waals surface area contributed by atoms with Crippen LogP contribution in [-0.2, 0) is 22.7 Å². The van der Waals surface area contributed by atoms with Crippen molar-refractivity contribution in [1.29, 1.82) is 0 Å². The van der Waals surface area contributed by atoms with Gasteiger partial charge in [-0.3, -0.25) is 19.0 Å². The van der Waals surface area contributed by atoms with Crippen molar-refractivity contribution in [2.45, 2.75) is 33.4 Å². The van der Waals surface area contributed by atoms with E-state index in [1.165, 1.54) is 10.9 Å². The summed E-state index contributed by atoms with van der Waals surface area (Å²) >= 11 is 12.0. The molecule has 0 spiro atoms. The minimum absolute atomic E-state index is 0.149. The molecule has 1 saturated heterocycles. The third-order valence-corrected chi connectivity index (χ3v) is 6.91. The Bertz CT molecular complexity index is 1330. The van der Waals surface area contributed by atoms with Gasteiger partial charge in [-0.05, 0) is 41.8 Å². The van der Waals surface area contributed by atoms with Gasteiger partial charge in [0.2, 0.25) is 11.8 Å². The van der Waals surface area contributed by atoms with Crippen molar-refractivity contribution < 1.29 is 9.59 Å². The van der Waals surface area contributed by atoms with Crippen LogP contribution in [0.15, 0.2) is 47.5 Å². The fraction of sp³-hybridized carbons (Fsp3) is 0.385. The molecular formula is C26H29Cl2N5O3. The van der Waals surface area contributed by atoms with Gasteiger partial charge in [0.25, 0.3) is 5.56 Å². The molecule has 0 aliphatic carbocycles. The topological polar surface area (TPSA) is 87.5 Å². The minimum atomic E-state index is -0.317. The number of nitrogens with one attached hydrogen (secondary N) is 1. The molecule has 4 rings (SSSR count). The molecule has 10 heteroatoms. The van der Waals surface area contributed by atoms with Crippen molar-refractivity contribution in [2.24, 2.45) is 5.92 Å². The molecule has 0 atom stereocenters. The first-order valence-electron chi connectivity index (χ1n) is 11.9. The zero-order valence-corrected chi connectivity index (χ0v) is 21.8. The summed E-state index contributed by atoms with van der Waals surface area (Å²) in [7, 11) is 0. The fourth-order valence-electron chi connectivity index (χ4n) is 4.21. The molecule has 1 fully saturated rings. The van der Waals surface area contributed by atoms with Crippen molar-refractivity contribution in [3.05, 3.63) is 68.7 Å². The van der Waals surface area contributed by atoms with Gasteiger partial charge in [0.05, 0.1) is 27.3 Å². The van der Waals surface area contributed by atoms with Gasteiger partial charge in [0, 0.05) is 44.8 Å². The van der Waals surface area contributed by atoms with Crippen molar-refractivity contribution in [1.82, 2.24) is 19.8 Å². The van der Waals surface area contributed by atoms with E-state index >= 15 is 0 Å². The normalized spacial score (nSPS) is 13.9. The number of nitrogens with zero attached hydrogens (tertiary/aromatic N) is 4. The molecule has 36 heavy (non-hydrogen) atoms. The van der Waals surface area contributed by atoms with E-state index in [1.807, 2.05) is 36.9 Å². The number of benzene rings is 2. The number of carbonyl (C=O) groups is 2. The molecule has 3 aromatic rings. The van der Waals surface area contributed by atoms with Gasteiger partial charge in [-0.1, -0.05) is 43.1 Å². The van der Waals surface area contributed by atoms with E-state index in [0.29, 0.717) is 59.5 Å². The maximum absolute atomic E-state index is 13.1. The summed E-state index contributed by atoms with van der Waals surface area (Å²) in [4.78, 5) is 46.4. The molecular weight excluding hydrogens is 501 g/mol. The summed E-state index contributed by atoms with van der Waals surface area (Å²) in [6.45, 7) is 6.90. The van der Waals surface area contributed by atoms with E-state index in [-0.39, 0.29) is 30.5 Å². The van der Waals surface area contributed by atoms with Crippen molar-refractivity contribution in [3.8, 4) is 0 Å². The minimum Gasteiger partial charge on any atom is -0.368 e. The monoisotopic (exact) mass is 529 g/mol. The first-order valence-corrected chi connectivity index (χ1v) is 12.7. The highest BCUT2D eigenvalue weighted by Gasteiger charge is 2.22. The van der Waals surface area contributed by atoms with Gasteiger partial charge in [-0.2, -0.15) is 0 Å². The van der Waals surface area contributed by atoms with E-state index in [4.69, 9.17) is 23.2 Å². The van der Waals surface area contributed by atoms with E-state index in [9.17, 15) is 14.4 Å². The Balaban J connectivity index is 1.42.